The first-order chi connectivity index (χ1) is 20.2. The van der Waals surface area contributed by atoms with E-state index in [0.717, 1.165) is 28.0 Å². The number of ether oxygens (including phenoxy) is 1. The lowest BCUT2D eigenvalue weighted by Gasteiger charge is -2.29. The zero-order valence-corrected chi connectivity index (χ0v) is 23.7. The van der Waals surface area contributed by atoms with E-state index in [2.05, 4.69) is 10.3 Å². The fourth-order valence-corrected chi connectivity index (χ4v) is 7.65. The molecule has 2 aliphatic rings. The number of imide groups is 1. The normalized spacial score (nSPS) is 19.3. The lowest BCUT2D eigenvalue weighted by atomic mass is 9.83. The molecule has 11 nitrogen and oxygen atoms in total. The molecule has 14 heteroatoms. The van der Waals surface area contributed by atoms with Crippen LogP contribution in [0.5, 0.6) is 5.75 Å². The molecule has 0 radical (unpaired) electrons. The molecule has 42 heavy (non-hydrogen) atoms. The molecule has 0 saturated carbocycles. The number of rotatable bonds is 7. The number of anilines is 2. The molecule has 3 heterocycles. The van der Waals surface area contributed by atoms with Crippen LogP contribution in [0.2, 0.25) is 5.02 Å². The van der Waals surface area contributed by atoms with Crippen molar-refractivity contribution in [2.24, 2.45) is 5.92 Å². The highest BCUT2D eigenvalue weighted by atomic mass is 35.5. The summed E-state index contributed by atoms with van der Waals surface area (Å²) >= 11 is 7.99. The van der Waals surface area contributed by atoms with E-state index in [0.29, 0.717) is 31.9 Å². The number of benzene rings is 3. The van der Waals surface area contributed by atoms with E-state index in [-0.39, 0.29) is 28.8 Å². The Kier molecular flexibility index (Phi) is 7.31. The number of amides is 3. The minimum atomic E-state index is -0.812. The van der Waals surface area contributed by atoms with Crippen LogP contribution in [-0.2, 0) is 14.4 Å². The second-order valence-electron chi connectivity index (χ2n) is 9.45. The van der Waals surface area contributed by atoms with Crippen molar-refractivity contribution in [2.45, 2.75) is 16.2 Å². The second-order valence-corrected chi connectivity index (χ2v) is 12.1. The number of nitrogens with zero attached hydrogens (tertiary/aromatic N) is 2. The number of nitrogens with one attached hydrogen (secondary N) is 2. The van der Waals surface area contributed by atoms with Crippen LogP contribution in [0.3, 0.4) is 0 Å². The van der Waals surface area contributed by atoms with E-state index in [1.54, 1.807) is 48.5 Å². The number of halogens is 1. The number of H-pyrrole nitrogens is 1. The van der Waals surface area contributed by atoms with Crippen molar-refractivity contribution < 1.29 is 24.0 Å². The number of nitro benzene ring substituents is 1. The predicted molar refractivity (Wildman–Crippen MR) is 158 cm³/mol. The number of carbonyl (C=O) groups is 3. The van der Waals surface area contributed by atoms with Gasteiger partial charge in [0.05, 0.1) is 21.6 Å². The molecular weight excluding hydrogens is 604 g/mol. The van der Waals surface area contributed by atoms with Gasteiger partial charge in [-0.3, -0.25) is 29.3 Å². The van der Waals surface area contributed by atoms with Gasteiger partial charge in [0.25, 0.3) is 11.6 Å². The molecule has 0 bridgehead atoms. The Morgan fingerprint density at radius 2 is 1.69 bits per heavy atom. The first-order valence-corrected chi connectivity index (χ1v) is 14.6. The molecule has 0 spiro atoms. The van der Waals surface area contributed by atoms with Gasteiger partial charge in [-0.25, -0.2) is 4.90 Å². The van der Waals surface area contributed by atoms with E-state index in [4.69, 9.17) is 16.3 Å². The summed E-state index contributed by atoms with van der Waals surface area (Å²) in [6.45, 7) is -0.243. The quantitative estimate of drug-likeness (QED) is 0.169. The number of thioether (sulfide) groups is 1. The summed E-state index contributed by atoms with van der Waals surface area (Å²) in [6.07, 6.45) is 0. The zero-order valence-electron chi connectivity index (χ0n) is 21.3. The third-order valence-corrected chi connectivity index (χ3v) is 9.53. The Bertz CT molecular complexity index is 1770. The number of aromatic amines is 1. The van der Waals surface area contributed by atoms with Crippen molar-refractivity contribution in [2.75, 3.05) is 16.8 Å². The number of aromatic nitrogens is 1. The summed E-state index contributed by atoms with van der Waals surface area (Å²) in [6, 6.07) is 18.7. The van der Waals surface area contributed by atoms with Gasteiger partial charge in [0.2, 0.25) is 11.8 Å². The summed E-state index contributed by atoms with van der Waals surface area (Å²) in [5.41, 5.74) is 1.34. The standard InChI is InChI=1S/C28H19ClN4O7S2/c29-15-3-5-16(6-4-15)30-20(34)13-40-19-11-1-14(2-12-19)21-22-24(41-25-23(21)42-28(37)31-25)27(36)32(26(22)35)17-7-9-18(10-8-17)33(38)39/h1-12,21-22,24H,13H2,(H,30,34)(H,31,37)/t21-,22-,24+/m0/s1. The van der Waals surface area contributed by atoms with Crippen LogP contribution in [0.1, 0.15) is 16.4 Å². The highest BCUT2D eigenvalue weighted by molar-refractivity contribution is 8.00. The van der Waals surface area contributed by atoms with Gasteiger partial charge in [0, 0.05) is 33.6 Å². The molecule has 6 rings (SSSR count). The van der Waals surface area contributed by atoms with Gasteiger partial charge in [0.15, 0.2) is 6.61 Å². The first kappa shape index (κ1) is 27.7. The van der Waals surface area contributed by atoms with Gasteiger partial charge < -0.3 is 15.0 Å². The summed E-state index contributed by atoms with van der Waals surface area (Å²) in [5, 5.41) is 14.1. The van der Waals surface area contributed by atoms with Gasteiger partial charge in [-0.1, -0.05) is 46.8 Å². The molecule has 0 aliphatic carbocycles. The molecule has 1 fully saturated rings. The highest BCUT2D eigenvalue weighted by Crippen LogP contribution is 2.53. The Morgan fingerprint density at radius 1 is 1.00 bits per heavy atom. The van der Waals surface area contributed by atoms with Gasteiger partial charge >= 0.3 is 4.87 Å². The van der Waals surface area contributed by atoms with E-state index < -0.39 is 33.8 Å². The first-order valence-electron chi connectivity index (χ1n) is 12.5. The van der Waals surface area contributed by atoms with Crippen molar-refractivity contribution in [1.82, 2.24) is 4.98 Å². The van der Waals surface area contributed by atoms with Crippen LogP contribution in [0, 0.1) is 16.0 Å². The highest BCUT2D eigenvalue weighted by Gasteiger charge is 2.56. The van der Waals surface area contributed by atoms with Crippen LogP contribution in [0.15, 0.2) is 82.6 Å². The van der Waals surface area contributed by atoms with Gasteiger partial charge in [-0.2, -0.15) is 0 Å². The van der Waals surface area contributed by atoms with E-state index >= 15 is 0 Å². The largest absolute Gasteiger partial charge is 0.484 e. The smallest absolute Gasteiger partial charge is 0.305 e. The Hall–Kier alpha value is -4.46. The monoisotopic (exact) mass is 622 g/mol. The second kappa shape index (κ2) is 11.1. The van der Waals surface area contributed by atoms with E-state index in [1.165, 1.54) is 24.3 Å². The third kappa shape index (κ3) is 5.17. The Morgan fingerprint density at radius 3 is 2.36 bits per heavy atom. The molecule has 2 N–H and O–H groups in total. The number of thiazole rings is 1. The van der Waals surface area contributed by atoms with Gasteiger partial charge in [-0.05, 0) is 54.1 Å². The molecule has 0 unspecified atom stereocenters. The number of carbonyl (C=O) groups excluding carboxylic acids is 3. The molecule has 1 aromatic heterocycles. The maximum Gasteiger partial charge on any atom is 0.305 e. The molecule has 3 amide bonds. The van der Waals surface area contributed by atoms with E-state index in [9.17, 15) is 29.3 Å². The van der Waals surface area contributed by atoms with Crippen LogP contribution >= 0.6 is 34.7 Å². The molecule has 2 aliphatic heterocycles. The average molecular weight is 623 g/mol. The molecule has 3 atom stereocenters. The predicted octanol–water partition coefficient (Wildman–Crippen LogP) is 4.81. The summed E-state index contributed by atoms with van der Waals surface area (Å²) in [7, 11) is 0. The van der Waals surface area contributed by atoms with Crippen LogP contribution < -0.4 is 19.8 Å². The van der Waals surface area contributed by atoms with Gasteiger partial charge in [-0.15, -0.1) is 0 Å². The number of nitro groups is 1. The van der Waals surface area contributed by atoms with Crippen molar-refractivity contribution in [1.29, 1.82) is 0 Å². The molecular formula is C28H19ClN4O7S2. The lowest BCUT2D eigenvalue weighted by Crippen LogP contribution is -2.32. The average Bonchev–Trinajstić information content (AvgIpc) is 3.47. The maximum atomic E-state index is 13.8. The van der Waals surface area contributed by atoms with E-state index in [1.807, 2.05) is 0 Å². The zero-order chi connectivity index (χ0) is 29.5. The minimum absolute atomic E-state index is 0.160. The topological polar surface area (TPSA) is 152 Å². The lowest BCUT2D eigenvalue weighted by molar-refractivity contribution is -0.384. The van der Waals surface area contributed by atoms with Crippen molar-refractivity contribution in [3.05, 3.63) is 108 Å². The minimum Gasteiger partial charge on any atom is -0.484 e. The van der Waals surface area contributed by atoms with Crippen LogP contribution in [-0.4, -0.2) is 39.5 Å². The molecule has 1 saturated heterocycles. The number of non-ortho nitro benzene ring substituents is 1. The fraction of sp³-hybridized carbons (Fsp3) is 0.143. The number of hydrogen-bond donors (Lipinski definition) is 2. The SMILES string of the molecule is O=C(COc1ccc([C@@H]2c3sc(=O)[nH]c3S[C@H]3C(=O)N(c4ccc([N+](=O)[O-])cc4)C(=O)[C@@H]23)cc1)Nc1ccc(Cl)cc1. The van der Waals surface area contributed by atoms with Crippen molar-refractivity contribution in [3.8, 4) is 5.75 Å². The summed E-state index contributed by atoms with van der Waals surface area (Å²) in [5.74, 6) is -2.28. The van der Waals surface area contributed by atoms with Crippen LogP contribution in [0.25, 0.3) is 0 Å². The molecule has 212 valence electrons. The third-order valence-electron chi connectivity index (χ3n) is 6.88. The molecule has 4 aromatic rings. The van der Waals surface area contributed by atoms with Crippen molar-refractivity contribution in [3.63, 3.8) is 0 Å². The van der Waals surface area contributed by atoms with Crippen molar-refractivity contribution >= 4 is 69.5 Å². The van der Waals surface area contributed by atoms with Gasteiger partial charge in [0.1, 0.15) is 11.0 Å². The Balaban J connectivity index is 1.24. The number of fused-ring (bicyclic) bond motifs is 2. The Labute approximate surface area is 250 Å². The maximum absolute atomic E-state index is 13.8. The fourth-order valence-electron chi connectivity index (χ4n) is 5.00. The van der Waals surface area contributed by atoms with Crippen LogP contribution in [0.4, 0.5) is 17.1 Å². The molecule has 3 aromatic carbocycles. The summed E-state index contributed by atoms with van der Waals surface area (Å²) < 4.78 is 5.63. The number of hydrogen-bond acceptors (Lipinski definition) is 9. The summed E-state index contributed by atoms with van der Waals surface area (Å²) in [4.78, 5) is 66.6.